The zero-order chi connectivity index (χ0) is 17.5. The summed E-state index contributed by atoms with van der Waals surface area (Å²) in [6, 6.07) is 9.68. The number of benzene rings is 2. The van der Waals surface area contributed by atoms with E-state index in [2.05, 4.69) is 4.98 Å². The van der Waals surface area contributed by atoms with E-state index in [-0.39, 0.29) is 16.7 Å². The van der Waals surface area contributed by atoms with Crippen molar-refractivity contribution in [1.82, 2.24) is 4.98 Å². The predicted octanol–water partition coefficient (Wildman–Crippen LogP) is 2.15. The highest BCUT2D eigenvalue weighted by atomic mass is 31.2. The molecule has 0 radical (unpaired) electrons. The molecule has 0 bridgehead atoms. The third-order valence-corrected chi connectivity index (χ3v) is 4.61. The normalized spacial score (nSPS) is 11.7. The lowest BCUT2D eigenvalue weighted by Gasteiger charge is -2.13. The van der Waals surface area contributed by atoms with Crippen molar-refractivity contribution in [3.63, 3.8) is 0 Å². The molecule has 0 spiro atoms. The van der Waals surface area contributed by atoms with Gasteiger partial charge in [-0.1, -0.05) is 12.1 Å². The zero-order valence-corrected chi connectivity index (χ0v) is 13.4. The quantitative estimate of drug-likeness (QED) is 0.629. The van der Waals surface area contributed by atoms with Crippen LogP contribution in [0.1, 0.15) is 0 Å². The van der Waals surface area contributed by atoms with Gasteiger partial charge in [0.05, 0.1) is 18.0 Å². The minimum absolute atomic E-state index is 0.0696. The number of aromatic amines is 1. The Morgan fingerprint density at radius 1 is 1.17 bits per heavy atom. The highest BCUT2D eigenvalue weighted by Crippen LogP contribution is 2.39. The maximum atomic E-state index is 13.4. The monoisotopic (exact) mass is 349 g/mol. The lowest BCUT2D eigenvalue weighted by molar-refractivity contribution is 0.381. The van der Waals surface area contributed by atoms with Crippen LogP contribution in [-0.2, 0) is 4.57 Å². The molecule has 0 amide bonds. The van der Waals surface area contributed by atoms with Gasteiger partial charge < -0.3 is 19.5 Å². The van der Waals surface area contributed by atoms with Crippen LogP contribution in [0, 0.1) is 5.82 Å². The van der Waals surface area contributed by atoms with Gasteiger partial charge in [-0.25, -0.2) is 4.39 Å². The fraction of sp³-hybridized carbons (Fsp3) is 0.0625. The van der Waals surface area contributed by atoms with Crippen LogP contribution in [-0.4, -0.2) is 21.9 Å². The molecule has 3 aromatic rings. The smallest absolute Gasteiger partial charge is 0.360 e. The van der Waals surface area contributed by atoms with Gasteiger partial charge in [-0.2, -0.15) is 0 Å². The maximum absolute atomic E-state index is 13.4. The molecule has 0 aliphatic heterocycles. The average Bonchev–Trinajstić information content (AvgIpc) is 2.52. The molecule has 0 unspecified atom stereocenters. The number of ether oxygens (including phenoxy) is 1. The summed E-state index contributed by atoms with van der Waals surface area (Å²) in [5, 5.41) is -0.614. The number of halogens is 1. The summed E-state index contributed by atoms with van der Waals surface area (Å²) in [5.74, 6) is -0.529. The van der Waals surface area contributed by atoms with Gasteiger partial charge in [0.15, 0.2) is 5.43 Å². The van der Waals surface area contributed by atoms with Crippen LogP contribution in [0.5, 0.6) is 5.75 Å². The Labute approximate surface area is 135 Å². The highest BCUT2D eigenvalue weighted by Gasteiger charge is 2.27. The molecule has 0 saturated heterocycles. The van der Waals surface area contributed by atoms with Gasteiger partial charge in [0, 0.05) is 17.3 Å². The molecule has 1 heterocycles. The number of aromatic nitrogens is 1. The van der Waals surface area contributed by atoms with E-state index in [1.807, 2.05) is 0 Å². The summed E-state index contributed by atoms with van der Waals surface area (Å²) >= 11 is 0. The van der Waals surface area contributed by atoms with Crippen LogP contribution in [0.4, 0.5) is 4.39 Å². The maximum Gasteiger partial charge on any atom is 0.360 e. The Bertz CT molecular complexity index is 1040. The topological polar surface area (TPSA) is 99.6 Å². The van der Waals surface area contributed by atoms with Crippen molar-refractivity contribution in [3.8, 4) is 17.0 Å². The Morgan fingerprint density at radius 3 is 2.54 bits per heavy atom. The molecule has 3 N–H and O–H groups in total. The lowest BCUT2D eigenvalue weighted by atomic mass is 10.1. The number of hydrogen-bond acceptors (Lipinski definition) is 3. The van der Waals surface area contributed by atoms with Crippen molar-refractivity contribution < 1.29 is 23.5 Å². The number of rotatable bonds is 3. The first-order chi connectivity index (χ1) is 11.3. The molecule has 6 nitrogen and oxygen atoms in total. The number of hydrogen-bond donors (Lipinski definition) is 3. The molecule has 0 fully saturated rings. The van der Waals surface area contributed by atoms with Gasteiger partial charge in [0.1, 0.15) is 16.9 Å². The molecule has 124 valence electrons. The minimum Gasteiger partial charge on any atom is -0.496 e. The van der Waals surface area contributed by atoms with Gasteiger partial charge in [-0.05, 0) is 24.3 Å². The summed E-state index contributed by atoms with van der Waals surface area (Å²) in [6.07, 6.45) is 0. The van der Waals surface area contributed by atoms with Crippen molar-refractivity contribution in [2.75, 3.05) is 7.11 Å². The number of pyridine rings is 1. The fourth-order valence-corrected chi connectivity index (χ4v) is 3.55. The second-order valence-corrected chi connectivity index (χ2v) is 6.68. The first kappa shape index (κ1) is 16.4. The number of nitrogens with one attached hydrogen (secondary N) is 1. The third kappa shape index (κ3) is 2.85. The van der Waals surface area contributed by atoms with Gasteiger partial charge in [-0.3, -0.25) is 9.36 Å². The Balaban J connectivity index is 2.36. The Kier molecular flexibility index (Phi) is 4.01. The second kappa shape index (κ2) is 5.87. The number of H-pyrrole nitrogens is 1. The molecule has 1 aromatic heterocycles. The largest absolute Gasteiger partial charge is 0.496 e. The third-order valence-electron chi connectivity index (χ3n) is 3.58. The van der Waals surface area contributed by atoms with Crippen LogP contribution in [0.15, 0.2) is 47.3 Å². The van der Waals surface area contributed by atoms with E-state index in [1.165, 1.54) is 43.5 Å². The van der Waals surface area contributed by atoms with Crippen LogP contribution < -0.4 is 15.5 Å². The molecule has 2 aromatic carbocycles. The molecule has 0 atom stereocenters. The first-order valence-electron chi connectivity index (χ1n) is 6.87. The van der Waals surface area contributed by atoms with Gasteiger partial charge in [-0.15, -0.1) is 0 Å². The van der Waals surface area contributed by atoms with E-state index < -0.39 is 24.1 Å². The SMILES string of the molecule is COc1ccc2[nH]c(-c3cccc(F)c3)cc(=O)c2c1P(=O)(O)O. The van der Waals surface area contributed by atoms with Crippen molar-refractivity contribution in [1.29, 1.82) is 0 Å². The van der Waals surface area contributed by atoms with E-state index in [4.69, 9.17) is 4.74 Å². The lowest BCUT2D eigenvalue weighted by Crippen LogP contribution is -2.17. The van der Waals surface area contributed by atoms with E-state index in [9.17, 15) is 23.5 Å². The molecule has 0 aliphatic carbocycles. The standard InChI is InChI=1S/C16H13FNO5P/c1-23-14-6-5-11-15(16(14)24(20,21)22)13(19)8-12(18-11)9-3-2-4-10(17)7-9/h2-8H,1H3,(H,18,19)(H2,20,21,22). The molecule has 24 heavy (non-hydrogen) atoms. The molecule has 8 heteroatoms. The Hall–Kier alpha value is -2.47. The van der Waals surface area contributed by atoms with Gasteiger partial charge in [0.2, 0.25) is 0 Å². The van der Waals surface area contributed by atoms with Crippen LogP contribution >= 0.6 is 7.60 Å². The van der Waals surface area contributed by atoms with Crippen molar-refractivity contribution >= 4 is 23.8 Å². The number of fused-ring (bicyclic) bond motifs is 1. The van der Waals surface area contributed by atoms with Crippen LogP contribution in [0.2, 0.25) is 0 Å². The zero-order valence-electron chi connectivity index (χ0n) is 12.5. The highest BCUT2D eigenvalue weighted by molar-refractivity contribution is 7.61. The molecular weight excluding hydrogens is 336 g/mol. The summed E-state index contributed by atoms with van der Waals surface area (Å²) in [7, 11) is -3.49. The average molecular weight is 349 g/mol. The minimum atomic E-state index is -4.74. The van der Waals surface area contributed by atoms with Gasteiger partial charge >= 0.3 is 7.60 Å². The number of methoxy groups -OCH3 is 1. The summed E-state index contributed by atoms with van der Waals surface area (Å²) < 4.78 is 30.1. The summed E-state index contributed by atoms with van der Waals surface area (Å²) in [4.78, 5) is 34.5. The molecule has 3 rings (SSSR count). The van der Waals surface area contributed by atoms with Crippen LogP contribution in [0.3, 0.4) is 0 Å². The Morgan fingerprint density at radius 2 is 1.92 bits per heavy atom. The molecule has 0 aliphatic rings. The van der Waals surface area contributed by atoms with E-state index >= 15 is 0 Å². The van der Waals surface area contributed by atoms with E-state index in [0.29, 0.717) is 11.3 Å². The van der Waals surface area contributed by atoms with Gasteiger partial charge in [0.25, 0.3) is 0 Å². The van der Waals surface area contributed by atoms with Crippen molar-refractivity contribution in [2.24, 2.45) is 0 Å². The summed E-state index contributed by atoms with van der Waals surface area (Å²) in [5.41, 5.74) is 0.414. The first-order valence-corrected chi connectivity index (χ1v) is 8.48. The second-order valence-electron chi connectivity index (χ2n) is 5.14. The fourth-order valence-electron chi connectivity index (χ4n) is 2.58. The van der Waals surface area contributed by atoms with Crippen molar-refractivity contribution in [2.45, 2.75) is 0 Å². The van der Waals surface area contributed by atoms with Crippen LogP contribution in [0.25, 0.3) is 22.2 Å². The van der Waals surface area contributed by atoms with E-state index in [0.717, 1.165) is 0 Å². The van der Waals surface area contributed by atoms with Crippen molar-refractivity contribution in [3.05, 3.63) is 58.5 Å². The van der Waals surface area contributed by atoms with E-state index in [1.54, 1.807) is 6.07 Å². The predicted molar refractivity (Wildman–Crippen MR) is 88.2 cm³/mol. The summed E-state index contributed by atoms with van der Waals surface area (Å²) in [6.45, 7) is 0. The molecular formula is C16H13FNO5P. The molecule has 0 saturated carbocycles.